The van der Waals surface area contributed by atoms with Crippen LogP contribution in [-0.2, 0) is 4.79 Å². The van der Waals surface area contributed by atoms with Crippen molar-refractivity contribution in [1.29, 1.82) is 0 Å². The fourth-order valence-electron chi connectivity index (χ4n) is 4.07. The van der Waals surface area contributed by atoms with Crippen LogP contribution in [0.2, 0.25) is 0 Å². The highest BCUT2D eigenvalue weighted by Gasteiger charge is 2.48. The minimum Gasteiger partial charge on any atom is -0.323 e. The second-order valence-electron chi connectivity index (χ2n) is 7.62. The zero-order valence-electron chi connectivity index (χ0n) is 16.1. The summed E-state index contributed by atoms with van der Waals surface area (Å²) in [6.07, 6.45) is 0.660. The van der Waals surface area contributed by atoms with E-state index in [1.54, 1.807) is 34.1 Å². The van der Waals surface area contributed by atoms with Gasteiger partial charge in [-0.05, 0) is 43.8 Å². The van der Waals surface area contributed by atoms with Crippen LogP contribution >= 0.6 is 0 Å². The standard InChI is InChI=1S/C21H22F2N4O2/c1-25-12-19(28)27(16-6-4-5-15(22)11-16)14-21(25)9-10-26(13-21)20(29)24-18-8-3-2-7-17(18)23/h2-8,11H,9-10,12-14H2,1H3,(H,24,29). The van der Waals surface area contributed by atoms with E-state index in [-0.39, 0.29) is 24.2 Å². The number of likely N-dealkylation sites (N-methyl/N-ethyl adjacent to an activating group) is 1. The average molecular weight is 400 g/mol. The van der Waals surface area contributed by atoms with Gasteiger partial charge in [0.1, 0.15) is 11.6 Å². The number of hydrogen-bond donors (Lipinski definition) is 1. The number of carbonyl (C=O) groups is 2. The molecule has 8 heteroatoms. The molecule has 0 saturated carbocycles. The number of carbonyl (C=O) groups excluding carboxylic acids is 2. The summed E-state index contributed by atoms with van der Waals surface area (Å²) in [5.74, 6) is -1.01. The van der Waals surface area contributed by atoms with Crippen LogP contribution in [0.15, 0.2) is 48.5 Å². The Kier molecular flexibility index (Phi) is 4.96. The summed E-state index contributed by atoms with van der Waals surface area (Å²) < 4.78 is 27.5. The Morgan fingerprint density at radius 2 is 1.90 bits per heavy atom. The van der Waals surface area contributed by atoms with Crippen LogP contribution in [0.25, 0.3) is 0 Å². The van der Waals surface area contributed by atoms with E-state index in [9.17, 15) is 18.4 Å². The Bertz CT molecular complexity index is 954. The number of likely N-dealkylation sites (tertiary alicyclic amines) is 1. The van der Waals surface area contributed by atoms with E-state index < -0.39 is 17.2 Å². The Balaban J connectivity index is 1.51. The van der Waals surface area contributed by atoms with Crippen LogP contribution in [0.5, 0.6) is 0 Å². The third-order valence-electron chi connectivity index (χ3n) is 5.79. The van der Waals surface area contributed by atoms with Crippen molar-refractivity contribution in [2.75, 3.05) is 43.4 Å². The second-order valence-corrected chi connectivity index (χ2v) is 7.62. The molecule has 4 rings (SSSR count). The van der Waals surface area contributed by atoms with Crippen LogP contribution in [0.1, 0.15) is 6.42 Å². The highest BCUT2D eigenvalue weighted by Crippen LogP contribution is 2.34. The quantitative estimate of drug-likeness (QED) is 0.844. The fourth-order valence-corrected chi connectivity index (χ4v) is 4.07. The van der Waals surface area contributed by atoms with Crippen LogP contribution in [0.3, 0.4) is 0 Å². The van der Waals surface area contributed by atoms with Crippen LogP contribution in [-0.4, -0.2) is 60.5 Å². The highest BCUT2D eigenvalue weighted by atomic mass is 19.1. The summed E-state index contributed by atoms with van der Waals surface area (Å²) in [5.41, 5.74) is 0.205. The van der Waals surface area contributed by atoms with Gasteiger partial charge in [0.05, 0.1) is 17.8 Å². The maximum atomic E-state index is 13.8. The molecule has 1 unspecified atom stereocenters. The molecule has 2 aliphatic rings. The SMILES string of the molecule is CN1CC(=O)N(c2cccc(F)c2)CC12CCN(C(=O)Nc1ccccc1F)C2. The van der Waals surface area contributed by atoms with Crippen LogP contribution in [0.4, 0.5) is 25.0 Å². The topological polar surface area (TPSA) is 55.9 Å². The molecular formula is C21H22F2N4O2. The summed E-state index contributed by atoms with van der Waals surface area (Å²) in [7, 11) is 1.86. The zero-order valence-corrected chi connectivity index (χ0v) is 16.1. The molecule has 6 nitrogen and oxygen atoms in total. The van der Waals surface area contributed by atoms with Gasteiger partial charge in [0.15, 0.2) is 0 Å². The molecule has 2 aromatic rings. The number of piperazine rings is 1. The Labute approximate surface area is 167 Å². The molecule has 1 N–H and O–H groups in total. The molecule has 2 fully saturated rings. The maximum absolute atomic E-state index is 13.8. The van der Waals surface area contributed by atoms with Crippen molar-refractivity contribution >= 4 is 23.3 Å². The smallest absolute Gasteiger partial charge is 0.321 e. The van der Waals surface area contributed by atoms with E-state index in [4.69, 9.17) is 0 Å². The van der Waals surface area contributed by atoms with E-state index >= 15 is 0 Å². The molecule has 2 heterocycles. The number of halogens is 2. The van der Waals surface area contributed by atoms with Crippen molar-refractivity contribution < 1.29 is 18.4 Å². The van der Waals surface area contributed by atoms with Gasteiger partial charge in [0, 0.05) is 25.3 Å². The predicted octanol–water partition coefficient (Wildman–Crippen LogP) is 2.92. The number of nitrogens with zero attached hydrogens (tertiary/aromatic N) is 3. The molecule has 0 aromatic heterocycles. The van der Waals surface area contributed by atoms with Gasteiger partial charge in [0.25, 0.3) is 0 Å². The first-order chi connectivity index (χ1) is 13.9. The Morgan fingerprint density at radius 1 is 1.10 bits per heavy atom. The monoisotopic (exact) mass is 400 g/mol. The van der Waals surface area contributed by atoms with Gasteiger partial charge >= 0.3 is 6.03 Å². The van der Waals surface area contributed by atoms with Gasteiger partial charge in [-0.15, -0.1) is 0 Å². The summed E-state index contributed by atoms with van der Waals surface area (Å²) in [4.78, 5) is 30.4. The molecule has 3 amide bonds. The molecule has 29 heavy (non-hydrogen) atoms. The van der Waals surface area contributed by atoms with E-state index in [1.807, 2.05) is 11.9 Å². The molecule has 0 radical (unpaired) electrons. The van der Waals surface area contributed by atoms with Crippen molar-refractivity contribution in [3.8, 4) is 0 Å². The highest BCUT2D eigenvalue weighted by molar-refractivity contribution is 5.96. The van der Waals surface area contributed by atoms with Gasteiger partial charge in [-0.2, -0.15) is 0 Å². The first-order valence-corrected chi connectivity index (χ1v) is 9.46. The Hall–Kier alpha value is -3.00. The summed E-state index contributed by atoms with van der Waals surface area (Å²) >= 11 is 0. The molecule has 2 aromatic carbocycles. The number of benzene rings is 2. The number of rotatable bonds is 2. The lowest BCUT2D eigenvalue weighted by Gasteiger charge is -2.46. The van der Waals surface area contributed by atoms with Gasteiger partial charge in [-0.1, -0.05) is 18.2 Å². The van der Waals surface area contributed by atoms with Crippen LogP contribution in [0, 0.1) is 11.6 Å². The van der Waals surface area contributed by atoms with Gasteiger partial charge < -0.3 is 15.1 Å². The number of anilines is 2. The molecule has 0 aliphatic carbocycles. The Morgan fingerprint density at radius 3 is 2.66 bits per heavy atom. The number of urea groups is 1. The number of nitrogens with one attached hydrogen (secondary N) is 1. The first kappa shape index (κ1) is 19.3. The first-order valence-electron chi connectivity index (χ1n) is 9.46. The van der Waals surface area contributed by atoms with Crippen molar-refractivity contribution in [1.82, 2.24) is 9.80 Å². The summed E-state index contributed by atoms with van der Waals surface area (Å²) in [6, 6.07) is 11.6. The lowest BCUT2D eigenvalue weighted by Crippen LogP contribution is -2.64. The van der Waals surface area contributed by atoms with Crippen molar-refractivity contribution in [2.45, 2.75) is 12.0 Å². The molecule has 1 spiro atoms. The lowest BCUT2D eigenvalue weighted by molar-refractivity contribution is -0.123. The van der Waals surface area contributed by atoms with Gasteiger partial charge in [-0.25, -0.2) is 13.6 Å². The minimum absolute atomic E-state index is 0.113. The molecule has 2 saturated heterocycles. The fraction of sp³-hybridized carbons (Fsp3) is 0.333. The average Bonchev–Trinajstić information content (AvgIpc) is 3.12. The van der Waals surface area contributed by atoms with Gasteiger partial charge in [0.2, 0.25) is 5.91 Å². The largest absolute Gasteiger partial charge is 0.323 e. The number of amides is 3. The minimum atomic E-state index is -0.493. The van der Waals surface area contributed by atoms with Gasteiger partial charge in [-0.3, -0.25) is 9.69 Å². The zero-order chi connectivity index (χ0) is 20.6. The molecule has 0 bridgehead atoms. The molecule has 1 atom stereocenters. The molecular weight excluding hydrogens is 378 g/mol. The number of para-hydroxylation sites is 1. The summed E-state index contributed by atoms with van der Waals surface area (Å²) in [6.45, 7) is 1.41. The maximum Gasteiger partial charge on any atom is 0.321 e. The van der Waals surface area contributed by atoms with Crippen molar-refractivity contribution in [3.63, 3.8) is 0 Å². The third-order valence-corrected chi connectivity index (χ3v) is 5.79. The van der Waals surface area contributed by atoms with Crippen LogP contribution < -0.4 is 10.2 Å². The van der Waals surface area contributed by atoms with E-state index in [0.29, 0.717) is 31.7 Å². The predicted molar refractivity (Wildman–Crippen MR) is 106 cm³/mol. The summed E-state index contributed by atoms with van der Waals surface area (Å²) in [5, 5.41) is 2.61. The number of hydrogen-bond acceptors (Lipinski definition) is 3. The van der Waals surface area contributed by atoms with E-state index in [0.717, 1.165) is 0 Å². The molecule has 152 valence electrons. The van der Waals surface area contributed by atoms with E-state index in [1.165, 1.54) is 24.3 Å². The normalized spacial score (nSPS) is 22.4. The molecule has 2 aliphatic heterocycles. The lowest BCUT2D eigenvalue weighted by atomic mass is 9.92. The second kappa shape index (κ2) is 7.44. The third kappa shape index (κ3) is 3.67. The van der Waals surface area contributed by atoms with Crippen molar-refractivity contribution in [2.24, 2.45) is 0 Å². The van der Waals surface area contributed by atoms with E-state index in [2.05, 4.69) is 5.32 Å². The van der Waals surface area contributed by atoms with Crippen molar-refractivity contribution in [3.05, 3.63) is 60.2 Å².